The van der Waals surface area contributed by atoms with Gasteiger partial charge in [-0.3, -0.25) is 9.78 Å². The Balaban J connectivity index is 1.80. The van der Waals surface area contributed by atoms with Gasteiger partial charge in [-0.2, -0.15) is 0 Å². The van der Waals surface area contributed by atoms with Crippen LogP contribution in [0.25, 0.3) is 0 Å². The van der Waals surface area contributed by atoms with E-state index in [0.717, 1.165) is 18.4 Å². The number of amides is 1. The van der Waals surface area contributed by atoms with E-state index in [1.54, 1.807) is 4.90 Å². The van der Waals surface area contributed by atoms with Crippen LogP contribution in [0.5, 0.6) is 0 Å². The number of pyridine rings is 1. The zero-order chi connectivity index (χ0) is 17.1. The molecule has 1 fully saturated rings. The molecule has 2 aromatic rings. The molecule has 124 valence electrons. The van der Waals surface area contributed by atoms with Gasteiger partial charge in [-0.25, -0.2) is 4.79 Å². The van der Waals surface area contributed by atoms with Crippen molar-refractivity contribution in [2.45, 2.75) is 25.3 Å². The number of carboxylic acid groups (broad SMARTS) is 1. The highest BCUT2D eigenvalue weighted by Gasteiger charge is 2.30. The van der Waals surface area contributed by atoms with Crippen molar-refractivity contribution < 1.29 is 14.7 Å². The van der Waals surface area contributed by atoms with Crippen LogP contribution < -0.4 is 0 Å². The lowest BCUT2D eigenvalue weighted by Crippen LogP contribution is -2.37. The molecule has 1 unspecified atom stereocenters. The Labute approximate surface area is 144 Å². The van der Waals surface area contributed by atoms with Gasteiger partial charge in [-0.15, -0.1) is 0 Å². The molecule has 2 heterocycles. The van der Waals surface area contributed by atoms with Crippen LogP contribution in [-0.2, 0) is 6.42 Å². The number of hydrogen-bond acceptors (Lipinski definition) is 3. The summed E-state index contributed by atoms with van der Waals surface area (Å²) in [7, 11) is 0. The summed E-state index contributed by atoms with van der Waals surface area (Å²) in [6.07, 6.45) is 3.86. The van der Waals surface area contributed by atoms with E-state index in [-0.39, 0.29) is 23.2 Å². The van der Waals surface area contributed by atoms with E-state index in [9.17, 15) is 9.59 Å². The number of aromatic nitrogens is 1. The van der Waals surface area contributed by atoms with Crippen LogP contribution >= 0.6 is 11.6 Å². The average molecular weight is 345 g/mol. The topological polar surface area (TPSA) is 70.5 Å². The average Bonchev–Trinajstić information content (AvgIpc) is 3.04. The number of carbonyl (C=O) groups excluding carboxylic acids is 1. The van der Waals surface area contributed by atoms with Crippen molar-refractivity contribution in [3.05, 3.63) is 64.4 Å². The SMILES string of the molecule is O=C(O)c1ccnc(C(=O)N2CCCC2Cc2ccccc2Cl)c1. The fourth-order valence-corrected chi connectivity index (χ4v) is 3.27. The Kier molecular flexibility index (Phi) is 4.81. The minimum absolute atomic E-state index is 0.0488. The van der Waals surface area contributed by atoms with E-state index in [0.29, 0.717) is 18.0 Å². The molecule has 1 aliphatic heterocycles. The number of halogens is 1. The van der Waals surface area contributed by atoms with Crippen molar-refractivity contribution in [2.24, 2.45) is 0 Å². The van der Waals surface area contributed by atoms with E-state index >= 15 is 0 Å². The Morgan fingerprint density at radius 3 is 2.83 bits per heavy atom. The number of carboxylic acids is 1. The molecule has 0 bridgehead atoms. The van der Waals surface area contributed by atoms with Gasteiger partial charge in [-0.05, 0) is 43.0 Å². The molecule has 1 N–H and O–H groups in total. The number of hydrogen-bond donors (Lipinski definition) is 1. The number of nitrogens with zero attached hydrogens (tertiary/aromatic N) is 2. The molecule has 5 nitrogen and oxygen atoms in total. The van der Waals surface area contributed by atoms with Crippen LogP contribution in [0.4, 0.5) is 0 Å². The number of rotatable bonds is 4. The van der Waals surface area contributed by atoms with Gasteiger partial charge < -0.3 is 10.0 Å². The smallest absolute Gasteiger partial charge is 0.335 e. The zero-order valence-electron chi connectivity index (χ0n) is 13.0. The molecule has 1 aliphatic rings. The molecule has 3 rings (SSSR count). The Bertz CT molecular complexity index is 778. The second-order valence-electron chi connectivity index (χ2n) is 5.83. The minimum atomic E-state index is -1.07. The second kappa shape index (κ2) is 7.01. The summed E-state index contributed by atoms with van der Waals surface area (Å²) in [5.41, 5.74) is 1.24. The molecular formula is C18H17ClN2O3. The van der Waals surface area contributed by atoms with Crippen molar-refractivity contribution in [3.8, 4) is 0 Å². The van der Waals surface area contributed by atoms with Gasteiger partial charge in [0.15, 0.2) is 0 Å². The van der Waals surface area contributed by atoms with E-state index in [1.165, 1.54) is 18.3 Å². The molecule has 1 amide bonds. The van der Waals surface area contributed by atoms with Gasteiger partial charge >= 0.3 is 5.97 Å². The molecule has 6 heteroatoms. The van der Waals surface area contributed by atoms with Crippen LogP contribution in [0.2, 0.25) is 5.02 Å². The van der Waals surface area contributed by atoms with Crippen LogP contribution in [0.15, 0.2) is 42.6 Å². The summed E-state index contributed by atoms with van der Waals surface area (Å²) >= 11 is 6.22. The maximum absolute atomic E-state index is 12.7. The van der Waals surface area contributed by atoms with Gasteiger partial charge in [0, 0.05) is 23.8 Å². The Hall–Kier alpha value is -2.40. The first-order valence-electron chi connectivity index (χ1n) is 7.80. The van der Waals surface area contributed by atoms with Gasteiger partial charge in [0.25, 0.3) is 5.91 Å². The minimum Gasteiger partial charge on any atom is -0.478 e. The van der Waals surface area contributed by atoms with E-state index in [4.69, 9.17) is 16.7 Å². The number of likely N-dealkylation sites (tertiary alicyclic amines) is 1. The van der Waals surface area contributed by atoms with Crippen LogP contribution in [0, 0.1) is 0 Å². The summed E-state index contributed by atoms with van der Waals surface area (Å²) < 4.78 is 0. The highest BCUT2D eigenvalue weighted by atomic mass is 35.5. The molecule has 1 atom stereocenters. The Morgan fingerprint density at radius 1 is 1.29 bits per heavy atom. The molecular weight excluding hydrogens is 328 g/mol. The second-order valence-corrected chi connectivity index (χ2v) is 6.23. The van der Waals surface area contributed by atoms with E-state index in [1.807, 2.05) is 24.3 Å². The van der Waals surface area contributed by atoms with Gasteiger partial charge in [0.1, 0.15) is 5.69 Å². The maximum atomic E-state index is 12.7. The first-order valence-corrected chi connectivity index (χ1v) is 8.18. The lowest BCUT2D eigenvalue weighted by Gasteiger charge is -2.25. The normalized spacial score (nSPS) is 17.0. The third-order valence-corrected chi connectivity index (χ3v) is 4.65. The lowest BCUT2D eigenvalue weighted by molar-refractivity contribution is 0.0696. The Morgan fingerprint density at radius 2 is 2.08 bits per heavy atom. The number of aromatic carboxylic acids is 1. The number of carbonyl (C=O) groups is 2. The number of benzene rings is 1. The van der Waals surface area contributed by atoms with Crippen molar-refractivity contribution in [1.82, 2.24) is 9.88 Å². The molecule has 0 spiro atoms. The molecule has 1 aromatic carbocycles. The molecule has 1 aromatic heterocycles. The lowest BCUT2D eigenvalue weighted by atomic mass is 10.0. The standard InChI is InChI=1S/C18H17ClN2O3/c19-15-6-2-1-4-12(15)10-14-5-3-9-21(14)17(22)16-11-13(18(23)24)7-8-20-16/h1-2,4,6-8,11,14H,3,5,9-10H2,(H,23,24). The third kappa shape index (κ3) is 3.41. The monoisotopic (exact) mass is 344 g/mol. The van der Waals surface area contributed by atoms with Crippen LogP contribution in [0.1, 0.15) is 39.3 Å². The highest BCUT2D eigenvalue weighted by Crippen LogP contribution is 2.26. The summed E-state index contributed by atoms with van der Waals surface area (Å²) in [6, 6.07) is 10.4. The van der Waals surface area contributed by atoms with E-state index in [2.05, 4.69) is 4.98 Å². The predicted molar refractivity (Wildman–Crippen MR) is 90.4 cm³/mol. The first-order chi connectivity index (χ1) is 11.6. The fourth-order valence-electron chi connectivity index (χ4n) is 3.06. The molecule has 0 radical (unpaired) electrons. The summed E-state index contributed by atoms with van der Waals surface area (Å²) in [4.78, 5) is 29.6. The zero-order valence-corrected chi connectivity index (χ0v) is 13.7. The largest absolute Gasteiger partial charge is 0.478 e. The molecule has 0 saturated carbocycles. The van der Waals surface area contributed by atoms with Crippen LogP contribution in [0.3, 0.4) is 0 Å². The van der Waals surface area contributed by atoms with Crippen molar-refractivity contribution >= 4 is 23.5 Å². The molecule has 1 saturated heterocycles. The fraction of sp³-hybridized carbons (Fsp3) is 0.278. The molecule has 24 heavy (non-hydrogen) atoms. The third-order valence-electron chi connectivity index (χ3n) is 4.28. The highest BCUT2D eigenvalue weighted by molar-refractivity contribution is 6.31. The van der Waals surface area contributed by atoms with Crippen molar-refractivity contribution in [1.29, 1.82) is 0 Å². The quantitative estimate of drug-likeness (QED) is 0.924. The molecule has 0 aliphatic carbocycles. The van der Waals surface area contributed by atoms with Gasteiger partial charge in [0.2, 0.25) is 0 Å². The van der Waals surface area contributed by atoms with Crippen molar-refractivity contribution in [3.63, 3.8) is 0 Å². The summed E-state index contributed by atoms with van der Waals surface area (Å²) in [6.45, 7) is 0.646. The van der Waals surface area contributed by atoms with Gasteiger partial charge in [-0.1, -0.05) is 29.8 Å². The first kappa shape index (κ1) is 16.5. The maximum Gasteiger partial charge on any atom is 0.335 e. The van der Waals surface area contributed by atoms with E-state index < -0.39 is 5.97 Å². The predicted octanol–water partition coefficient (Wildman–Crippen LogP) is 3.28. The summed E-state index contributed by atoms with van der Waals surface area (Å²) in [5.74, 6) is -1.30. The van der Waals surface area contributed by atoms with Crippen molar-refractivity contribution in [2.75, 3.05) is 6.54 Å². The summed E-state index contributed by atoms with van der Waals surface area (Å²) in [5, 5.41) is 9.76. The van der Waals surface area contributed by atoms with Gasteiger partial charge in [0.05, 0.1) is 5.56 Å². The van der Waals surface area contributed by atoms with Crippen LogP contribution in [-0.4, -0.2) is 39.5 Å².